The first-order chi connectivity index (χ1) is 10.7. The summed E-state index contributed by atoms with van der Waals surface area (Å²) in [5.41, 5.74) is -0.110. The molecule has 1 aliphatic carbocycles. The molecular formula is C17H26FN3O2. The van der Waals surface area contributed by atoms with Crippen LogP contribution in [0.2, 0.25) is 0 Å². The lowest BCUT2D eigenvalue weighted by Gasteiger charge is -2.53. The molecule has 6 heteroatoms. The molecule has 0 aromatic rings. The van der Waals surface area contributed by atoms with Crippen molar-refractivity contribution in [2.75, 3.05) is 26.3 Å². The maximum Gasteiger partial charge on any atom is 0.237 e. The monoisotopic (exact) mass is 323 g/mol. The molecule has 2 aliphatic heterocycles. The van der Waals surface area contributed by atoms with Gasteiger partial charge in [-0.3, -0.25) is 4.79 Å². The van der Waals surface area contributed by atoms with Crippen LogP contribution in [0, 0.1) is 22.2 Å². The summed E-state index contributed by atoms with van der Waals surface area (Å²) in [5, 5.41) is 12.5. The van der Waals surface area contributed by atoms with Crippen molar-refractivity contribution in [1.82, 2.24) is 10.2 Å². The largest absolute Gasteiger partial charge is 0.379 e. The summed E-state index contributed by atoms with van der Waals surface area (Å²) in [4.78, 5) is 13.8. The zero-order valence-corrected chi connectivity index (χ0v) is 14.2. The summed E-state index contributed by atoms with van der Waals surface area (Å²) < 4.78 is 19.3. The Morgan fingerprint density at radius 3 is 2.83 bits per heavy atom. The van der Waals surface area contributed by atoms with E-state index in [9.17, 15) is 9.18 Å². The van der Waals surface area contributed by atoms with E-state index in [1.54, 1.807) is 0 Å². The Labute approximate surface area is 137 Å². The predicted octanol–water partition coefficient (Wildman–Crippen LogP) is 1.63. The average molecular weight is 323 g/mol. The first-order valence-electron chi connectivity index (χ1n) is 8.41. The van der Waals surface area contributed by atoms with Gasteiger partial charge in [-0.15, -0.1) is 0 Å². The minimum absolute atomic E-state index is 0.0147. The summed E-state index contributed by atoms with van der Waals surface area (Å²) in [6.45, 7) is 8.24. The fraction of sp³-hybridized carbons (Fsp3) is 0.882. The van der Waals surface area contributed by atoms with Crippen LogP contribution in [-0.2, 0) is 9.53 Å². The molecule has 0 unspecified atom stereocenters. The van der Waals surface area contributed by atoms with Gasteiger partial charge in [-0.2, -0.15) is 5.26 Å². The lowest BCUT2D eigenvalue weighted by molar-refractivity contribution is -0.135. The highest BCUT2D eigenvalue weighted by Crippen LogP contribution is 2.60. The van der Waals surface area contributed by atoms with Crippen LogP contribution in [-0.4, -0.2) is 54.9 Å². The Morgan fingerprint density at radius 1 is 1.39 bits per heavy atom. The molecule has 2 heterocycles. The molecule has 128 valence electrons. The van der Waals surface area contributed by atoms with E-state index in [2.05, 4.69) is 26.1 Å². The third-order valence-corrected chi connectivity index (χ3v) is 6.88. The Morgan fingerprint density at radius 2 is 2.13 bits per heavy atom. The molecule has 3 aliphatic rings. The Bertz CT molecular complexity index is 546. The summed E-state index contributed by atoms with van der Waals surface area (Å²) in [5.74, 6) is -0.193. The lowest BCUT2D eigenvalue weighted by atomic mass is 9.61. The van der Waals surface area contributed by atoms with Crippen molar-refractivity contribution in [2.24, 2.45) is 10.8 Å². The van der Waals surface area contributed by atoms with E-state index in [0.29, 0.717) is 6.61 Å². The van der Waals surface area contributed by atoms with Gasteiger partial charge in [0, 0.05) is 12.0 Å². The zero-order valence-electron chi connectivity index (χ0n) is 14.2. The van der Waals surface area contributed by atoms with Gasteiger partial charge in [0.25, 0.3) is 0 Å². The standard InChI is InChI=1S/C17H26FN3O2/c1-15(2)16(3)4-5-17(15,11-23-10-16)20-8-14(22)21-9-12(18)6-13(21)7-19/h12-13,20H,4-6,8-11H2,1-3H3/t12-,13-,16+,17+/m0/s1. The molecule has 4 atom stereocenters. The molecule has 2 bridgehead atoms. The van der Waals surface area contributed by atoms with Crippen molar-refractivity contribution < 1.29 is 13.9 Å². The quantitative estimate of drug-likeness (QED) is 0.857. The van der Waals surface area contributed by atoms with Crippen molar-refractivity contribution in [3.05, 3.63) is 0 Å². The van der Waals surface area contributed by atoms with Crippen molar-refractivity contribution in [1.29, 1.82) is 5.26 Å². The van der Waals surface area contributed by atoms with E-state index in [1.807, 2.05) is 6.07 Å². The maximum absolute atomic E-state index is 13.5. The summed E-state index contributed by atoms with van der Waals surface area (Å²) in [6.07, 6.45) is 1.07. The highest BCUT2D eigenvalue weighted by molar-refractivity contribution is 5.79. The smallest absolute Gasteiger partial charge is 0.237 e. The molecule has 3 fully saturated rings. The number of ether oxygens (including phenoxy) is 1. The van der Waals surface area contributed by atoms with Crippen molar-refractivity contribution >= 4 is 5.91 Å². The van der Waals surface area contributed by atoms with Crippen LogP contribution in [0.15, 0.2) is 0 Å². The number of nitrogens with one attached hydrogen (secondary N) is 1. The first-order valence-corrected chi connectivity index (χ1v) is 8.41. The SMILES string of the molecule is CC1(C)[C@]2(C)CC[C@@]1(NCC(=O)N1C[C@@H](F)C[C@H]1C#N)COC2. The number of amides is 1. The van der Waals surface area contributed by atoms with E-state index in [-0.39, 0.29) is 41.8 Å². The second-order valence-corrected chi connectivity index (χ2v) is 8.14. The van der Waals surface area contributed by atoms with Gasteiger partial charge in [0.05, 0.1) is 32.4 Å². The number of nitrogens with zero attached hydrogens (tertiary/aromatic N) is 2. The Kier molecular flexibility index (Phi) is 3.93. The first kappa shape index (κ1) is 16.7. The Balaban J connectivity index is 1.69. The number of halogens is 1. The number of nitriles is 1. The molecule has 1 amide bonds. The Hall–Kier alpha value is -1.19. The molecule has 5 nitrogen and oxygen atoms in total. The molecule has 2 saturated heterocycles. The van der Waals surface area contributed by atoms with E-state index >= 15 is 0 Å². The molecule has 1 N–H and O–H groups in total. The molecule has 0 aromatic carbocycles. The maximum atomic E-state index is 13.5. The van der Waals surface area contributed by atoms with Crippen LogP contribution in [0.3, 0.4) is 0 Å². The normalized spacial score (nSPS) is 41.8. The van der Waals surface area contributed by atoms with Crippen molar-refractivity contribution in [3.8, 4) is 6.07 Å². The second kappa shape index (κ2) is 5.42. The van der Waals surface area contributed by atoms with Gasteiger partial charge in [-0.1, -0.05) is 20.8 Å². The molecule has 0 radical (unpaired) electrons. The van der Waals surface area contributed by atoms with Gasteiger partial charge in [0.1, 0.15) is 12.2 Å². The number of carbonyl (C=O) groups excluding carboxylic acids is 1. The lowest BCUT2D eigenvalue weighted by Crippen LogP contribution is -2.64. The van der Waals surface area contributed by atoms with E-state index in [0.717, 1.165) is 19.4 Å². The van der Waals surface area contributed by atoms with Crippen LogP contribution in [0.4, 0.5) is 4.39 Å². The highest BCUT2D eigenvalue weighted by atomic mass is 19.1. The molecule has 3 rings (SSSR count). The van der Waals surface area contributed by atoms with Crippen LogP contribution < -0.4 is 5.32 Å². The minimum Gasteiger partial charge on any atom is -0.379 e. The van der Waals surface area contributed by atoms with Gasteiger partial charge in [0.15, 0.2) is 0 Å². The molecular weight excluding hydrogens is 297 g/mol. The number of alkyl halides is 1. The molecule has 1 saturated carbocycles. The average Bonchev–Trinajstić information content (AvgIpc) is 2.88. The van der Waals surface area contributed by atoms with Gasteiger partial charge in [-0.05, 0) is 23.7 Å². The number of hydrogen-bond acceptors (Lipinski definition) is 4. The highest BCUT2D eigenvalue weighted by Gasteiger charge is 2.63. The predicted molar refractivity (Wildman–Crippen MR) is 83.3 cm³/mol. The third-order valence-electron chi connectivity index (χ3n) is 6.88. The van der Waals surface area contributed by atoms with E-state index < -0.39 is 12.2 Å². The van der Waals surface area contributed by atoms with Crippen molar-refractivity contribution in [2.45, 2.75) is 57.8 Å². The summed E-state index contributed by atoms with van der Waals surface area (Å²) in [7, 11) is 0. The fourth-order valence-electron chi connectivity index (χ4n) is 4.54. The number of hydrogen-bond donors (Lipinski definition) is 1. The van der Waals surface area contributed by atoms with Crippen molar-refractivity contribution in [3.63, 3.8) is 0 Å². The van der Waals surface area contributed by atoms with Gasteiger partial charge in [-0.25, -0.2) is 4.39 Å². The second-order valence-electron chi connectivity index (χ2n) is 8.14. The summed E-state index contributed by atoms with van der Waals surface area (Å²) in [6, 6.07) is 1.39. The van der Waals surface area contributed by atoms with E-state index in [4.69, 9.17) is 10.00 Å². The molecule has 23 heavy (non-hydrogen) atoms. The van der Waals surface area contributed by atoms with Gasteiger partial charge in [0.2, 0.25) is 5.91 Å². The van der Waals surface area contributed by atoms with Crippen LogP contribution in [0.1, 0.15) is 40.0 Å². The fourth-order valence-corrected chi connectivity index (χ4v) is 4.54. The van der Waals surface area contributed by atoms with Crippen LogP contribution in [0.25, 0.3) is 0 Å². The molecule has 0 spiro atoms. The number of carbonyl (C=O) groups is 1. The van der Waals surface area contributed by atoms with E-state index in [1.165, 1.54) is 4.90 Å². The number of fused-ring (bicyclic) bond motifs is 2. The number of likely N-dealkylation sites (tertiary alicyclic amines) is 1. The molecule has 0 aromatic heterocycles. The minimum atomic E-state index is -1.09. The topological polar surface area (TPSA) is 65.4 Å². The van der Waals surface area contributed by atoms with Gasteiger partial charge >= 0.3 is 0 Å². The third kappa shape index (κ3) is 2.36. The number of rotatable bonds is 3. The zero-order chi connectivity index (χ0) is 16.9. The van der Waals surface area contributed by atoms with Gasteiger partial charge < -0.3 is 15.0 Å². The summed E-state index contributed by atoms with van der Waals surface area (Å²) >= 11 is 0. The van der Waals surface area contributed by atoms with Crippen LogP contribution in [0.5, 0.6) is 0 Å². The van der Waals surface area contributed by atoms with Crippen LogP contribution >= 0.6 is 0 Å².